The van der Waals surface area contributed by atoms with E-state index in [1.54, 1.807) is 25.1 Å². The number of halogens is 4. The first-order chi connectivity index (χ1) is 14.1. The molecule has 1 N–H and O–H groups in total. The number of benzene rings is 2. The van der Waals surface area contributed by atoms with E-state index in [1.165, 1.54) is 12.1 Å². The molecule has 2 aromatic carbocycles. The molecule has 0 atom stereocenters. The molecule has 0 spiro atoms. The summed E-state index contributed by atoms with van der Waals surface area (Å²) in [7, 11) is 0. The summed E-state index contributed by atoms with van der Waals surface area (Å²) in [4.78, 5) is 37.9. The van der Waals surface area contributed by atoms with Gasteiger partial charge in [-0.1, -0.05) is 30.7 Å². The number of alkyl halides is 3. The van der Waals surface area contributed by atoms with E-state index in [2.05, 4.69) is 5.32 Å². The molecule has 0 aliphatic carbocycles. The molecule has 0 saturated carbocycles. The highest BCUT2D eigenvalue weighted by molar-refractivity contribution is 6.31. The maximum Gasteiger partial charge on any atom is 0.417 e. The minimum atomic E-state index is -4.68. The van der Waals surface area contributed by atoms with Crippen LogP contribution >= 0.6 is 11.6 Å². The van der Waals surface area contributed by atoms with E-state index in [0.29, 0.717) is 6.42 Å². The molecule has 158 valence electrons. The fourth-order valence-corrected chi connectivity index (χ4v) is 3.33. The molecular formula is C20H17ClF3N3O3. The van der Waals surface area contributed by atoms with Crippen LogP contribution in [0.1, 0.15) is 18.9 Å². The average molecular weight is 440 g/mol. The van der Waals surface area contributed by atoms with Crippen LogP contribution in [0.2, 0.25) is 5.02 Å². The van der Waals surface area contributed by atoms with Crippen LogP contribution in [-0.4, -0.2) is 15.0 Å². The number of para-hydroxylation sites is 1. The monoisotopic (exact) mass is 439 g/mol. The van der Waals surface area contributed by atoms with Gasteiger partial charge >= 0.3 is 11.9 Å². The topological polar surface area (TPSA) is 73.1 Å². The van der Waals surface area contributed by atoms with Crippen molar-refractivity contribution >= 4 is 34.1 Å². The second-order valence-electron chi connectivity index (χ2n) is 6.58. The largest absolute Gasteiger partial charge is 0.417 e. The summed E-state index contributed by atoms with van der Waals surface area (Å²) in [6.07, 6.45) is -4.15. The first-order valence-electron chi connectivity index (χ1n) is 9.02. The molecule has 0 fully saturated rings. The first kappa shape index (κ1) is 21.6. The Morgan fingerprint density at radius 2 is 1.80 bits per heavy atom. The second kappa shape index (κ2) is 8.35. The van der Waals surface area contributed by atoms with Gasteiger partial charge in [0.25, 0.3) is 5.56 Å². The Labute approximate surface area is 173 Å². The molecule has 0 radical (unpaired) electrons. The smallest absolute Gasteiger partial charge is 0.325 e. The summed E-state index contributed by atoms with van der Waals surface area (Å²) in [6.45, 7) is 1.50. The summed E-state index contributed by atoms with van der Waals surface area (Å²) in [5.74, 6) is -0.723. The fraction of sp³-hybridized carbons (Fsp3) is 0.250. The number of hydrogen-bond donors (Lipinski definition) is 1. The van der Waals surface area contributed by atoms with E-state index < -0.39 is 40.5 Å². The van der Waals surface area contributed by atoms with Gasteiger partial charge in [-0.2, -0.15) is 13.2 Å². The van der Waals surface area contributed by atoms with Crippen LogP contribution in [0.25, 0.3) is 10.9 Å². The SMILES string of the molecule is CCCn1c(=O)c2ccccc2n(CC(=O)Nc2ccc(Cl)c(C(F)(F)F)c2)c1=O. The molecule has 3 rings (SSSR count). The predicted molar refractivity (Wildman–Crippen MR) is 108 cm³/mol. The van der Waals surface area contributed by atoms with E-state index in [4.69, 9.17) is 11.6 Å². The van der Waals surface area contributed by atoms with Crippen molar-refractivity contribution in [1.82, 2.24) is 9.13 Å². The average Bonchev–Trinajstić information content (AvgIpc) is 2.69. The highest BCUT2D eigenvalue weighted by Gasteiger charge is 2.33. The van der Waals surface area contributed by atoms with E-state index in [1.807, 2.05) is 0 Å². The Morgan fingerprint density at radius 3 is 2.47 bits per heavy atom. The van der Waals surface area contributed by atoms with Gasteiger partial charge < -0.3 is 5.32 Å². The number of rotatable bonds is 5. The van der Waals surface area contributed by atoms with E-state index in [9.17, 15) is 27.6 Å². The summed E-state index contributed by atoms with van der Waals surface area (Å²) < 4.78 is 41.2. The number of hydrogen-bond acceptors (Lipinski definition) is 3. The summed E-state index contributed by atoms with van der Waals surface area (Å²) >= 11 is 5.58. The molecule has 0 aliphatic heterocycles. The first-order valence-corrected chi connectivity index (χ1v) is 9.40. The molecule has 1 aromatic heterocycles. The number of carbonyl (C=O) groups is 1. The van der Waals surface area contributed by atoms with Gasteiger partial charge in [0.15, 0.2) is 0 Å². The molecular weight excluding hydrogens is 423 g/mol. The van der Waals surface area contributed by atoms with Crippen LogP contribution in [0.15, 0.2) is 52.1 Å². The third-order valence-electron chi connectivity index (χ3n) is 4.44. The fourth-order valence-electron chi connectivity index (χ4n) is 3.11. The maximum atomic E-state index is 13.0. The van der Waals surface area contributed by atoms with Crippen LogP contribution in [-0.2, 0) is 24.1 Å². The number of nitrogens with zero attached hydrogens (tertiary/aromatic N) is 2. The molecule has 10 heteroatoms. The van der Waals surface area contributed by atoms with Crippen molar-refractivity contribution in [1.29, 1.82) is 0 Å². The molecule has 3 aromatic rings. The van der Waals surface area contributed by atoms with E-state index >= 15 is 0 Å². The van der Waals surface area contributed by atoms with Crippen LogP contribution in [0, 0.1) is 0 Å². The molecule has 0 unspecified atom stereocenters. The zero-order chi connectivity index (χ0) is 22.1. The molecule has 1 amide bonds. The van der Waals surface area contributed by atoms with Gasteiger partial charge in [-0.15, -0.1) is 0 Å². The lowest BCUT2D eigenvalue weighted by molar-refractivity contribution is -0.137. The van der Waals surface area contributed by atoms with Crippen molar-refractivity contribution in [2.75, 3.05) is 5.32 Å². The third-order valence-corrected chi connectivity index (χ3v) is 4.77. The van der Waals surface area contributed by atoms with Gasteiger partial charge in [-0.3, -0.25) is 18.7 Å². The zero-order valence-electron chi connectivity index (χ0n) is 15.8. The highest BCUT2D eigenvalue weighted by atomic mass is 35.5. The minimum absolute atomic E-state index is 0.115. The number of fused-ring (bicyclic) bond motifs is 1. The van der Waals surface area contributed by atoms with Crippen LogP contribution < -0.4 is 16.6 Å². The van der Waals surface area contributed by atoms with E-state index in [-0.39, 0.29) is 23.1 Å². The standard InChI is InChI=1S/C20H17ClF3N3O3/c1-2-9-26-18(29)13-5-3-4-6-16(13)27(19(26)30)11-17(28)25-12-7-8-15(21)14(10-12)20(22,23)24/h3-8,10H,2,9,11H2,1H3,(H,25,28). The minimum Gasteiger partial charge on any atom is -0.325 e. The Bertz CT molecular complexity index is 1230. The lowest BCUT2D eigenvalue weighted by Gasteiger charge is -2.15. The van der Waals surface area contributed by atoms with Gasteiger partial charge in [-0.05, 0) is 36.8 Å². The number of amides is 1. The Kier molecular flexibility index (Phi) is 6.02. The van der Waals surface area contributed by atoms with Gasteiger partial charge in [0.1, 0.15) is 6.54 Å². The summed E-state index contributed by atoms with van der Waals surface area (Å²) in [5, 5.41) is 2.12. The second-order valence-corrected chi connectivity index (χ2v) is 6.99. The van der Waals surface area contributed by atoms with Gasteiger partial charge in [0, 0.05) is 12.2 Å². The highest BCUT2D eigenvalue weighted by Crippen LogP contribution is 2.36. The summed E-state index contributed by atoms with van der Waals surface area (Å²) in [6, 6.07) is 9.32. The Hall–Kier alpha value is -3.07. The van der Waals surface area contributed by atoms with Crippen molar-refractivity contribution in [2.45, 2.75) is 32.6 Å². The molecule has 0 aliphatic rings. The number of anilines is 1. The number of nitrogens with one attached hydrogen (secondary N) is 1. The van der Waals surface area contributed by atoms with Gasteiger partial charge in [0.05, 0.1) is 21.5 Å². The number of aromatic nitrogens is 2. The quantitative estimate of drug-likeness (QED) is 0.655. The van der Waals surface area contributed by atoms with E-state index in [0.717, 1.165) is 21.3 Å². The Morgan fingerprint density at radius 1 is 1.10 bits per heavy atom. The van der Waals surface area contributed by atoms with Crippen LogP contribution in [0.5, 0.6) is 0 Å². The van der Waals surface area contributed by atoms with Crippen molar-refractivity contribution < 1.29 is 18.0 Å². The summed E-state index contributed by atoms with van der Waals surface area (Å²) in [5.41, 5.74) is -2.05. The van der Waals surface area contributed by atoms with Gasteiger partial charge in [0.2, 0.25) is 5.91 Å². The molecule has 30 heavy (non-hydrogen) atoms. The molecule has 0 bridgehead atoms. The van der Waals surface area contributed by atoms with Crippen molar-refractivity contribution in [3.63, 3.8) is 0 Å². The lowest BCUT2D eigenvalue weighted by atomic mass is 10.2. The van der Waals surface area contributed by atoms with Crippen molar-refractivity contribution in [3.8, 4) is 0 Å². The molecule has 1 heterocycles. The molecule has 0 saturated heterocycles. The van der Waals surface area contributed by atoms with Crippen LogP contribution in [0.4, 0.5) is 18.9 Å². The molecule has 6 nitrogen and oxygen atoms in total. The van der Waals surface area contributed by atoms with Crippen LogP contribution in [0.3, 0.4) is 0 Å². The van der Waals surface area contributed by atoms with Crippen molar-refractivity contribution in [2.24, 2.45) is 0 Å². The maximum absolute atomic E-state index is 13.0. The normalized spacial score (nSPS) is 11.6. The predicted octanol–water partition coefficient (Wildman–Crippen LogP) is 3.88. The third kappa shape index (κ3) is 4.25. The lowest BCUT2D eigenvalue weighted by Crippen LogP contribution is -2.41. The number of carbonyl (C=O) groups excluding carboxylic acids is 1. The van der Waals surface area contributed by atoms with Gasteiger partial charge in [-0.25, -0.2) is 4.79 Å². The van der Waals surface area contributed by atoms with Crippen molar-refractivity contribution in [3.05, 3.63) is 73.9 Å². The Balaban J connectivity index is 1.98. The zero-order valence-corrected chi connectivity index (χ0v) is 16.5.